The summed E-state index contributed by atoms with van der Waals surface area (Å²) in [6.07, 6.45) is 0.550. The van der Waals surface area contributed by atoms with E-state index in [9.17, 15) is 4.79 Å². The second-order valence-electron chi connectivity index (χ2n) is 8.06. The molecule has 1 aromatic rings. The molecule has 23 heavy (non-hydrogen) atoms. The van der Waals surface area contributed by atoms with Crippen LogP contribution >= 0.6 is 0 Å². The van der Waals surface area contributed by atoms with Crippen molar-refractivity contribution in [3.05, 3.63) is 46.3 Å². The number of azide groups is 1. The van der Waals surface area contributed by atoms with E-state index >= 15 is 0 Å². The molecule has 0 saturated heterocycles. The maximum atomic E-state index is 12.4. The van der Waals surface area contributed by atoms with Gasteiger partial charge in [0.1, 0.15) is 0 Å². The molecular weight excluding hydrogens is 306 g/mol. The lowest BCUT2D eigenvalue weighted by Crippen LogP contribution is -2.46. The number of carbonyl (C=O) groups excluding carboxylic acids is 1. The lowest BCUT2D eigenvalue weighted by Gasteiger charge is -2.41. The van der Waals surface area contributed by atoms with Crippen molar-refractivity contribution in [2.24, 2.45) is 10.5 Å². The van der Waals surface area contributed by atoms with Crippen molar-refractivity contribution in [2.75, 3.05) is 0 Å². The highest BCUT2D eigenvalue weighted by Crippen LogP contribution is 2.67. The minimum absolute atomic E-state index is 0.0276. The summed E-state index contributed by atoms with van der Waals surface area (Å²) in [6.45, 7) is 12.7. The molecule has 1 aromatic carbocycles. The van der Waals surface area contributed by atoms with Crippen LogP contribution in [0.4, 0.5) is 0 Å². The van der Waals surface area contributed by atoms with E-state index in [0.29, 0.717) is 6.42 Å². The Labute approximate surface area is 138 Å². The predicted molar refractivity (Wildman–Crippen MR) is 93.3 cm³/mol. The van der Waals surface area contributed by atoms with Crippen molar-refractivity contribution >= 4 is 14.2 Å². The quantitative estimate of drug-likeness (QED) is 0.331. The molecule has 0 aromatic heterocycles. The third-order valence-corrected chi connectivity index (χ3v) is 9.92. The summed E-state index contributed by atoms with van der Waals surface area (Å²) >= 11 is 0. The van der Waals surface area contributed by atoms with Crippen LogP contribution in [0, 0.1) is 5.41 Å². The fourth-order valence-corrected chi connectivity index (χ4v) is 4.37. The number of hydrogen-bond donors (Lipinski definition) is 0. The number of hydrogen-bond acceptors (Lipinski definition) is 2. The van der Waals surface area contributed by atoms with Crippen LogP contribution in [0.15, 0.2) is 35.4 Å². The minimum Gasteiger partial charge on any atom is -0.406 e. The maximum Gasteiger partial charge on any atom is 0.228 e. The van der Waals surface area contributed by atoms with Crippen molar-refractivity contribution in [2.45, 2.75) is 57.8 Å². The summed E-state index contributed by atoms with van der Waals surface area (Å²) in [5.74, 6) is -0.442. The van der Waals surface area contributed by atoms with Crippen molar-refractivity contribution < 1.29 is 9.22 Å². The molecule has 0 bridgehead atoms. The first-order valence-corrected chi connectivity index (χ1v) is 10.8. The Morgan fingerprint density at radius 1 is 1.30 bits per heavy atom. The van der Waals surface area contributed by atoms with Gasteiger partial charge in [-0.3, -0.25) is 4.79 Å². The molecule has 124 valence electrons. The third kappa shape index (κ3) is 2.82. The van der Waals surface area contributed by atoms with Gasteiger partial charge in [0, 0.05) is 4.91 Å². The summed E-state index contributed by atoms with van der Waals surface area (Å²) < 4.78 is 6.70. The first-order chi connectivity index (χ1) is 10.5. The van der Waals surface area contributed by atoms with Gasteiger partial charge in [-0.2, -0.15) is 0 Å². The molecule has 0 N–H and O–H groups in total. The highest BCUT2D eigenvalue weighted by atomic mass is 28.4. The zero-order valence-electron chi connectivity index (χ0n) is 14.8. The van der Waals surface area contributed by atoms with Crippen LogP contribution in [0.3, 0.4) is 0 Å². The second kappa shape index (κ2) is 5.48. The summed E-state index contributed by atoms with van der Waals surface area (Å²) in [5, 5.41) is 3.38. The zero-order chi connectivity index (χ0) is 17.5. The van der Waals surface area contributed by atoms with E-state index in [4.69, 9.17) is 9.96 Å². The van der Waals surface area contributed by atoms with Crippen LogP contribution in [0.5, 0.6) is 0 Å². The molecule has 0 spiro atoms. The van der Waals surface area contributed by atoms with E-state index in [1.165, 1.54) is 0 Å². The van der Waals surface area contributed by atoms with Crippen molar-refractivity contribution in [1.29, 1.82) is 0 Å². The lowest BCUT2D eigenvalue weighted by atomic mass is 9.97. The molecule has 5 nitrogen and oxygen atoms in total. The van der Waals surface area contributed by atoms with E-state index in [-0.39, 0.29) is 5.04 Å². The Morgan fingerprint density at radius 3 is 2.35 bits per heavy atom. The van der Waals surface area contributed by atoms with E-state index in [2.05, 4.69) is 43.9 Å². The second-order valence-corrected chi connectivity index (χ2v) is 12.8. The first kappa shape index (κ1) is 17.7. The molecule has 2 atom stereocenters. The van der Waals surface area contributed by atoms with Crippen LogP contribution in [0.25, 0.3) is 10.4 Å². The molecule has 1 aliphatic carbocycles. The highest BCUT2D eigenvalue weighted by Gasteiger charge is 2.72. The summed E-state index contributed by atoms with van der Waals surface area (Å²) in [7, 11) is -2.11. The predicted octanol–water partition coefficient (Wildman–Crippen LogP) is 5.15. The summed E-state index contributed by atoms with van der Waals surface area (Å²) in [4.78, 5) is 15.0. The number of rotatable bonds is 4. The van der Waals surface area contributed by atoms with Gasteiger partial charge in [0.2, 0.25) is 5.91 Å². The molecule has 1 amide bonds. The molecule has 0 aliphatic heterocycles. The molecule has 1 saturated carbocycles. The Balaban J connectivity index is 2.49. The Morgan fingerprint density at radius 2 is 1.87 bits per heavy atom. The van der Waals surface area contributed by atoms with Crippen molar-refractivity contribution in [3.8, 4) is 0 Å². The van der Waals surface area contributed by atoms with Crippen LogP contribution in [-0.4, -0.2) is 14.2 Å². The molecule has 6 heteroatoms. The van der Waals surface area contributed by atoms with Crippen molar-refractivity contribution in [1.82, 2.24) is 0 Å². The molecule has 0 heterocycles. The van der Waals surface area contributed by atoms with Crippen LogP contribution in [0.1, 0.15) is 39.7 Å². The summed E-state index contributed by atoms with van der Waals surface area (Å²) in [6, 6.07) is 9.81. The minimum atomic E-state index is -2.11. The molecule has 1 aliphatic rings. The van der Waals surface area contributed by atoms with E-state index < -0.39 is 25.2 Å². The number of amides is 1. The van der Waals surface area contributed by atoms with Crippen LogP contribution in [-0.2, 0) is 14.8 Å². The fourth-order valence-electron chi connectivity index (χ4n) is 2.78. The normalized spacial score (nSPS) is 27.2. The van der Waals surface area contributed by atoms with E-state index in [1.54, 1.807) is 0 Å². The molecule has 1 fully saturated rings. The van der Waals surface area contributed by atoms with Gasteiger partial charge in [-0.15, -0.1) is 0 Å². The maximum absolute atomic E-state index is 12.4. The van der Waals surface area contributed by atoms with Crippen LogP contribution in [0.2, 0.25) is 18.1 Å². The fraction of sp³-hybridized carbons (Fsp3) is 0.588. The SMILES string of the molecule is CC1(C(=O)N=[N+]=[N-])CC1(O[Si](C)(C)C(C)(C)C)c1ccccc1. The van der Waals surface area contributed by atoms with Crippen LogP contribution < -0.4 is 0 Å². The standard InChI is InChI=1S/C17H25N3O2Si/c1-15(2,3)23(5,6)22-17(13-10-8-7-9-11-13)12-16(17,4)14(21)19-20-18/h7-11H,12H2,1-6H3. The van der Waals surface area contributed by atoms with E-state index in [0.717, 1.165) is 5.56 Å². The Bertz CT molecular complexity index is 662. The van der Waals surface area contributed by atoms with Gasteiger partial charge < -0.3 is 4.43 Å². The molecule has 2 rings (SSSR count). The Kier molecular flexibility index (Phi) is 4.22. The number of carbonyl (C=O) groups is 1. The van der Waals surface area contributed by atoms with Gasteiger partial charge in [0.25, 0.3) is 0 Å². The average molecular weight is 331 g/mol. The topological polar surface area (TPSA) is 75.1 Å². The van der Waals surface area contributed by atoms with Crippen molar-refractivity contribution in [3.63, 3.8) is 0 Å². The van der Waals surface area contributed by atoms with Gasteiger partial charge in [-0.05, 0) is 47.7 Å². The molecule has 0 radical (unpaired) electrons. The third-order valence-electron chi connectivity index (χ3n) is 5.45. The van der Waals surface area contributed by atoms with Gasteiger partial charge >= 0.3 is 0 Å². The number of nitrogens with zero attached hydrogens (tertiary/aromatic N) is 3. The number of benzene rings is 1. The first-order valence-electron chi connectivity index (χ1n) is 7.85. The average Bonchev–Trinajstić information content (AvgIpc) is 3.06. The van der Waals surface area contributed by atoms with Gasteiger partial charge in [0.05, 0.1) is 11.0 Å². The lowest BCUT2D eigenvalue weighted by molar-refractivity contribution is -0.124. The molecule has 2 unspecified atom stereocenters. The van der Waals surface area contributed by atoms with Gasteiger partial charge in [0.15, 0.2) is 8.32 Å². The van der Waals surface area contributed by atoms with Gasteiger partial charge in [-0.25, -0.2) is 0 Å². The monoisotopic (exact) mass is 331 g/mol. The highest BCUT2D eigenvalue weighted by molar-refractivity contribution is 6.74. The summed E-state index contributed by atoms with van der Waals surface area (Å²) in [5.41, 5.74) is 8.13. The van der Waals surface area contributed by atoms with E-state index in [1.807, 2.05) is 37.3 Å². The zero-order valence-corrected chi connectivity index (χ0v) is 15.8. The van der Waals surface area contributed by atoms with Gasteiger partial charge in [-0.1, -0.05) is 51.1 Å². The smallest absolute Gasteiger partial charge is 0.228 e. The molecular formula is C17H25N3O2Si. The Hall–Kier alpha value is -1.62. The largest absolute Gasteiger partial charge is 0.406 e.